The highest BCUT2D eigenvalue weighted by Crippen LogP contribution is 2.35. The summed E-state index contributed by atoms with van der Waals surface area (Å²) in [6, 6.07) is 20.1. The maximum atomic E-state index is 5.94. The van der Waals surface area contributed by atoms with Crippen LogP contribution >= 0.6 is 0 Å². The molecule has 5 heteroatoms. The third-order valence-electron chi connectivity index (χ3n) is 3.82. The average Bonchev–Trinajstić information content (AvgIpc) is 3.05. The molecule has 2 aromatic carbocycles. The maximum Gasteiger partial charge on any atom is 0.232 e. The number of benzene rings is 2. The van der Waals surface area contributed by atoms with E-state index in [-0.39, 0.29) is 5.88 Å². The first kappa shape index (κ1) is 14.1. The first-order chi connectivity index (χ1) is 11.8. The van der Waals surface area contributed by atoms with Gasteiger partial charge >= 0.3 is 0 Å². The Bertz CT molecular complexity index is 948. The third-order valence-corrected chi connectivity index (χ3v) is 3.82. The van der Waals surface area contributed by atoms with Gasteiger partial charge in [-0.3, -0.25) is 0 Å². The van der Waals surface area contributed by atoms with Crippen LogP contribution in [0.4, 0.5) is 5.88 Å². The van der Waals surface area contributed by atoms with E-state index < -0.39 is 0 Å². The summed E-state index contributed by atoms with van der Waals surface area (Å²) >= 11 is 0. The molecule has 2 aromatic heterocycles. The summed E-state index contributed by atoms with van der Waals surface area (Å²) in [5, 5.41) is 4.10. The summed E-state index contributed by atoms with van der Waals surface area (Å²) in [5.74, 6) is 0.246. The number of rotatable bonds is 3. The zero-order chi connectivity index (χ0) is 16.4. The number of anilines is 1. The van der Waals surface area contributed by atoms with E-state index in [1.54, 1.807) is 12.3 Å². The largest absolute Gasteiger partial charge is 0.367 e. The fraction of sp³-hybridized carbons (Fsp3) is 0. The molecular weight excluding hydrogens is 300 g/mol. The van der Waals surface area contributed by atoms with Gasteiger partial charge in [0.15, 0.2) is 0 Å². The molecule has 116 valence electrons. The first-order valence-corrected chi connectivity index (χ1v) is 7.50. The normalized spacial score (nSPS) is 10.7. The van der Waals surface area contributed by atoms with Crippen LogP contribution in [0.1, 0.15) is 0 Å². The van der Waals surface area contributed by atoms with Gasteiger partial charge in [-0.25, -0.2) is 9.97 Å². The zero-order valence-electron chi connectivity index (χ0n) is 12.8. The highest BCUT2D eigenvalue weighted by molar-refractivity contribution is 5.85. The van der Waals surface area contributed by atoms with E-state index in [1.165, 1.54) is 11.9 Å². The minimum Gasteiger partial charge on any atom is -0.367 e. The molecule has 0 fully saturated rings. The molecule has 2 heterocycles. The van der Waals surface area contributed by atoms with E-state index >= 15 is 0 Å². The predicted octanol–water partition coefficient (Wildman–Crippen LogP) is 4.05. The van der Waals surface area contributed by atoms with Gasteiger partial charge in [0.25, 0.3) is 0 Å². The number of nitrogens with zero attached hydrogens (tertiary/aromatic N) is 3. The standard InChI is InChI=1S/C19H14N4O/c20-19-17(16-10-11-21-12-22-16)18(23-24-19)15-8-6-14(7-9-15)13-4-2-1-3-5-13/h1-12H,20H2. The summed E-state index contributed by atoms with van der Waals surface area (Å²) < 4.78 is 5.19. The second-order valence-corrected chi connectivity index (χ2v) is 5.31. The molecule has 0 unspecified atom stereocenters. The van der Waals surface area contributed by atoms with Crippen molar-refractivity contribution >= 4 is 5.88 Å². The fourth-order valence-corrected chi connectivity index (χ4v) is 2.64. The Morgan fingerprint density at radius 3 is 2.21 bits per heavy atom. The first-order valence-electron chi connectivity index (χ1n) is 7.50. The molecule has 0 amide bonds. The number of nitrogens with two attached hydrogens (primary N) is 1. The maximum absolute atomic E-state index is 5.94. The Hall–Kier alpha value is -3.47. The summed E-state index contributed by atoms with van der Waals surface area (Å²) in [4.78, 5) is 8.17. The molecule has 0 saturated heterocycles. The van der Waals surface area contributed by atoms with E-state index in [0.717, 1.165) is 11.1 Å². The van der Waals surface area contributed by atoms with Gasteiger partial charge in [-0.05, 0) is 17.2 Å². The van der Waals surface area contributed by atoms with Crippen molar-refractivity contribution in [2.24, 2.45) is 0 Å². The molecule has 0 bridgehead atoms. The molecule has 0 atom stereocenters. The second kappa shape index (κ2) is 5.96. The van der Waals surface area contributed by atoms with Crippen LogP contribution in [0, 0.1) is 0 Å². The van der Waals surface area contributed by atoms with E-state index in [2.05, 4.69) is 39.4 Å². The minimum atomic E-state index is 0.246. The fourth-order valence-electron chi connectivity index (χ4n) is 2.64. The summed E-state index contributed by atoms with van der Waals surface area (Å²) in [5.41, 5.74) is 11.2. The van der Waals surface area contributed by atoms with E-state index in [4.69, 9.17) is 10.3 Å². The quantitative estimate of drug-likeness (QED) is 0.617. The van der Waals surface area contributed by atoms with Crippen LogP contribution in [-0.2, 0) is 0 Å². The summed E-state index contributed by atoms with van der Waals surface area (Å²) in [7, 11) is 0. The van der Waals surface area contributed by atoms with Crippen LogP contribution in [-0.4, -0.2) is 15.1 Å². The summed E-state index contributed by atoms with van der Waals surface area (Å²) in [6.45, 7) is 0. The zero-order valence-corrected chi connectivity index (χ0v) is 12.8. The molecule has 5 nitrogen and oxygen atoms in total. The molecule has 0 aliphatic rings. The van der Waals surface area contributed by atoms with E-state index in [9.17, 15) is 0 Å². The molecule has 0 radical (unpaired) electrons. The Morgan fingerprint density at radius 1 is 0.792 bits per heavy atom. The van der Waals surface area contributed by atoms with Crippen LogP contribution in [0.3, 0.4) is 0 Å². The highest BCUT2D eigenvalue weighted by atomic mass is 16.5. The topological polar surface area (TPSA) is 77.8 Å². The third kappa shape index (κ3) is 2.52. The molecule has 0 saturated carbocycles. The lowest BCUT2D eigenvalue weighted by molar-refractivity contribution is 0.439. The lowest BCUT2D eigenvalue weighted by Gasteiger charge is -2.04. The van der Waals surface area contributed by atoms with E-state index in [0.29, 0.717) is 17.0 Å². The number of hydrogen-bond donors (Lipinski definition) is 1. The van der Waals surface area contributed by atoms with Crippen LogP contribution < -0.4 is 5.73 Å². The van der Waals surface area contributed by atoms with Gasteiger partial charge in [-0.1, -0.05) is 59.8 Å². The van der Waals surface area contributed by atoms with Crippen LogP contribution in [0.2, 0.25) is 0 Å². The van der Waals surface area contributed by atoms with Crippen molar-refractivity contribution < 1.29 is 4.52 Å². The minimum absolute atomic E-state index is 0.246. The Balaban J connectivity index is 1.76. The molecule has 0 aliphatic carbocycles. The van der Waals surface area contributed by atoms with Gasteiger partial charge < -0.3 is 10.3 Å². The molecule has 0 aliphatic heterocycles. The Kier molecular flexibility index (Phi) is 3.51. The summed E-state index contributed by atoms with van der Waals surface area (Å²) in [6.07, 6.45) is 3.14. The van der Waals surface area contributed by atoms with E-state index in [1.807, 2.05) is 30.3 Å². The lowest BCUT2D eigenvalue weighted by atomic mass is 10.0. The highest BCUT2D eigenvalue weighted by Gasteiger charge is 2.18. The van der Waals surface area contributed by atoms with Gasteiger partial charge in [-0.15, -0.1) is 0 Å². The van der Waals surface area contributed by atoms with Crippen molar-refractivity contribution in [2.75, 3.05) is 5.73 Å². The molecular formula is C19H14N4O. The SMILES string of the molecule is Nc1onc(-c2ccc(-c3ccccc3)cc2)c1-c1ccncn1. The van der Waals surface area contributed by atoms with Crippen molar-refractivity contribution in [3.05, 3.63) is 73.2 Å². The smallest absolute Gasteiger partial charge is 0.232 e. The monoisotopic (exact) mass is 314 g/mol. The number of aromatic nitrogens is 3. The van der Waals surface area contributed by atoms with Gasteiger partial charge in [0.05, 0.1) is 11.3 Å². The van der Waals surface area contributed by atoms with Gasteiger partial charge in [0.2, 0.25) is 5.88 Å². The molecule has 24 heavy (non-hydrogen) atoms. The lowest BCUT2D eigenvalue weighted by Crippen LogP contribution is -1.90. The molecule has 0 spiro atoms. The van der Waals surface area contributed by atoms with Crippen molar-refractivity contribution in [3.63, 3.8) is 0 Å². The van der Waals surface area contributed by atoms with Crippen molar-refractivity contribution in [3.8, 4) is 33.6 Å². The average molecular weight is 314 g/mol. The number of nitrogen functional groups attached to an aromatic ring is 1. The molecule has 4 rings (SSSR count). The van der Waals surface area contributed by atoms with Crippen LogP contribution in [0.25, 0.3) is 33.6 Å². The van der Waals surface area contributed by atoms with Gasteiger partial charge in [0, 0.05) is 11.8 Å². The molecule has 4 aromatic rings. The number of hydrogen-bond acceptors (Lipinski definition) is 5. The Morgan fingerprint density at radius 2 is 1.50 bits per heavy atom. The second-order valence-electron chi connectivity index (χ2n) is 5.31. The predicted molar refractivity (Wildman–Crippen MR) is 92.8 cm³/mol. The van der Waals surface area contributed by atoms with Crippen LogP contribution in [0.5, 0.6) is 0 Å². The Labute approximate surface area is 138 Å². The van der Waals surface area contributed by atoms with Crippen molar-refractivity contribution in [1.29, 1.82) is 0 Å². The van der Waals surface area contributed by atoms with Gasteiger partial charge in [-0.2, -0.15) is 0 Å². The van der Waals surface area contributed by atoms with Gasteiger partial charge in [0.1, 0.15) is 12.0 Å². The van der Waals surface area contributed by atoms with Crippen molar-refractivity contribution in [2.45, 2.75) is 0 Å². The van der Waals surface area contributed by atoms with Crippen molar-refractivity contribution in [1.82, 2.24) is 15.1 Å². The molecule has 2 N–H and O–H groups in total. The van der Waals surface area contributed by atoms with Crippen LogP contribution in [0.15, 0.2) is 77.7 Å².